The number of carbonyl (C=O) groups is 3. The number of nitrogens with zero attached hydrogens (tertiary/aromatic N) is 3. The van der Waals surface area contributed by atoms with Crippen LogP contribution in [0.4, 0.5) is 30.6 Å². The van der Waals surface area contributed by atoms with Crippen molar-refractivity contribution in [2.24, 2.45) is 11.8 Å². The first-order valence-electron chi connectivity index (χ1n) is 11.5. The van der Waals surface area contributed by atoms with Gasteiger partial charge in [0.15, 0.2) is 0 Å². The van der Waals surface area contributed by atoms with Crippen LogP contribution < -0.4 is 15.5 Å². The first kappa shape index (κ1) is 25.0. The van der Waals surface area contributed by atoms with Crippen LogP contribution in [0.5, 0.6) is 0 Å². The van der Waals surface area contributed by atoms with Gasteiger partial charge >= 0.3 is 11.7 Å². The van der Waals surface area contributed by atoms with Crippen molar-refractivity contribution in [3.8, 4) is 0 Å². The Morgan fingerprint density at radius 1 is 1.11 bits per heavy atom. The van der Waals surface area contributed by atoms with E-state index in [1.807, 2.05) is 0 Å². The van der Waals surface area contributed by atoms with Crippen LogP contribution in [0.15, 0.2) is 42.5 Å². The number of nitrogens with one attached hydrogen (secondary N) is 2. The minimum Gasteiger partial charge on any atom is -0.342 e. The Bertz CT molecular complexity index is 1180. The first-order valence-corrected chi connectivity index (χ1v) is 11.5. The van der Waals surface area contributed by atoms with Gasteiger partial charge < -0.3 is 20.4 Å². The molecule has 4 amide bonds. The fraction of sp³-hybridized carbons (Fsp3) is 0.375. The van der Waals surface area contributed by atoms with E-state index in [1.165, 1.54) is 35.2 Å². The van der Waals surface area contributed by atoms with Gasteiger partial charge in [-0.05, 0) is 55.2 Å². The highest BCUT2D eigenvalue weighted by Crippen LogP contribution is 2.31. The highest BCUT2D eigenvalue weighted by atomic mass is 19.1. The first-order chi connectivity index (χ1) is 17.2. The highest BCUT2D eigenvalue weighted by Gasteiger charge is 2.39. The fourth-order valence-corrected chi connectivity index (χ4v) is 4.57. The Morgan fingerprint density at radius 2 is 1.86 bits per heavy atom. The molecule has 12 heteroatoms. The van der Waals surface area contributed by atoms with Gasteiger partial charge in [-0.25, -0.2) is 9.18 Å². The lowest BCUT2D eigenvalue weighted by molar-refractivity contribution is -0.387. The van der Waals surface area contributed by atoms with Crippen molar-refractivity contribution >= 4 is 34.9 Å². The lowest BCUT2D eigenvalue weighted by Gasteiger charge is -2.34. The summed E-state index contributed by atoms with van der Waals surface area (Å²) in [5.41, 5.74) is -0.0995. The summed E-state index contributed by atoms with van der Waals surface area (Å²) >= 11 is 0. The SMILES string of the molecule is O=C(NCC1CCCN(C(=O)C2CC(=O)N(c3ccc(F)c([N+](=O)[O-])c3)C2)C1)Nc1ccc(F)cc1. The standard InChI is InChI=1S/C24H25F2N5O5/c25-17-3-5-18(6-4-17)28-24(34)27-12-15-2-1-9-29(13-15)23(33)16-10-22(32)30(14-16)19-7-8-20(26)21(11-19)31(35)36/h3-8,11,15-16H,1-2,9-10,12-14H2,(H2,27,28,34). The number of carbonyl (C=O) groups excluding carboxylic acids is 3. The Morgan fingerprint density at radius 3 is 2.58 bits per heavy atom. The number of benzene rings is 2. The summed E-state index contributed by atoms with van der Waals surface area (Å²) in [4.78, 5) is 51.0. The monoisotopic (exact) mass is 501 g/mol. The second-order valence-corrected chi connectivity index (χ2v) is 8.93. The molecule has 2 fully saturated rings. The van der Waals surface area contributed by atoms with E-state index in [0.29, 0.717) is 25.3 Å². The number of urea groups is 1. The van der Waals surface area contributed by atoms with Gasteiger partial charge in [-0.3, -0.25) is 19.7 Å². The average Bonchev–Trinajstić information content (AvgIpc) is 3.25. The third kappa shape index (κ3) is 5.75. The predicted molar refractivity (Wildman–Crippen MR) is 126 cm³/mol. The molecule has 0 radical (unpaired) electrons. The zero-order valence-electron chi connectivity index (χ0n) is 19.3. The van der Waals surface area contributed by atoms with Crippen LogP contribution in [0.25, 0.3) is 0 Å². The molecule has 2 aliphatic heterocycles. The van der Waals surface area contributed by atoms with E-state index >= 15 is 0 Å². The maximum absolute atomic E-state index is 13.7. The Balaban J connectivity index is 1.31. The van der Waals surface area contributed by atoms with Crippen molar-refractivity contribution in [1.29, 1.82) is 0 Å². The number of likely N-dealkylation sites (tertiary alicyclic amines) is 1. The number of nitro benzene ring substituents is 1. The van der Waals surface area contributed by atoms with Crippen LogP contribution >= 0.6 is 0 Å². The van der Waals surface area contributed by atoms with Crippen molar-refractivity contribution < 1.29 is 28.1 Å². The molecule has 2 unspecified atom stereocenters. The number of hydrogen-bond acceptors (Lipinski definition) is 5. The van der Waals surface area contributed by atoms with Crippen molar-refractivity contribution in [3.63, 3.8) is 0 Å². The van der Waals surface area contributed by atoms with E-state index in [-0.39, 0.29) is 36.4 Å². The average molecular weight is 501 g/mol. The minimum absolute atomic E-state index is 0.0228. The number of halogens is 2. The van der Waals surface area contributed by atoms with Crippen LogP contribution in [0.3, 0.4) is 0 Å². The maximum Gasteiger partial charge on any atom is 0.319 e. The predicted octanol–water partition coefficient (Wildman–Crippen LogP) is 3.29. The summed E-state index contributed by atoms with van der Waals surface area (Å²) in [5, 5.41) is 16.4. The van der Waals surface area contributed by atoms with Gasteiger partial charge in [0.25, 0.3) is 0 Å². The number of amides is 4. The molecule has 190 valence electrons. The van der Waals surface area contributed by atoms with Gasteiger partial charge in [-0.15, -0.1) is 0 Å². The molecule has 2 saturated heterocycles. The van der Waals surface area contributed by atoms with E-state index in [4.69, 9.17) is 0 Å². The number of anilines is 2. The Kier molecular flexibility index (Phi) is 7.41. The van der Waals surface area contributed by atoms with Crippen molar-refractivity contribution in [2.75, 3.05) is 36.4 Å². The highest BCUT2D eigenvalue weighted by molar-refractivity contribution is 6.00. The zero-order valence-corrected chi connectivity index (χ0v) is 19.3. The Hall–Kier alpha value is -4.09. The summed E-state index contributed by atoms with van der Waals surface area (Å²) in [7, 11) is 0. The molecule has 2 heterocycles. The summed E-state index contributed by atoms with van der Waals surface area (Å²) in [6, 6.07) is 8.17. The van der Waals surface area contributed by atoms with Crippen LogP contribution in [0.2, 0.25) is 0 Å². The van der Waals surface area contributed by atoms with Gasteiger partial charge in [0.1, 0.15) is 5.82 Å². The zero-order chi connectivity index (χ0) is 25.8. The third-order valence-corrected chi connectivity index (χ3v) is 6.40. The summed E-state index contributed by atoms with van der Waals surface area (Å²) in [6.45, 7) is 1.35. The van der Waals surface area contributed by atoms with Crippen molar-refractivity contribution in [1.82, 2.24) is 10.2 Å². The van der Waals surface area contributed by atoms with Crippen molar-refractivity contribution in [3.05, 3.63) is 64.2 Å². The Labute approximate surface area is 205 Å². The van der Waals surface area contributed by atoms with Crippen LogP contribution in [-0.4, -0.2) is 53.8 Å². The largest absolute Gasteiger partial charge is 0.342 e. The topological polar surface area (TPSA) is 125 Å². The minimum atomic E-state index is -0.998. The molecule has 2 aliphatic rings. The van der Waals surface area contributed by atoms with E-state index in [1.54, 1.807) is 4.90 Å². The summed E-state index contributed by atoms with van der Waals surface area (Å²) in [5.74, 6) is -2.55. The molecular weight excluding hydrogens is 476 g/mol. The molecule has 4 rings (SSSR count). The van der Waals surface area contributed by atoms with Gasteiger partial charge in [-0.1, -0.05) is 0 Å². The normalized spacial score (nSPS) is 19.8. The molecule has 0 bridgehead atoms. The lowest BCUT2D eigenvalue weighted by Crippen LogP contribution is -2.46. The molecule has 10 nitrogen and oxygen atoms in total. The summed E-state index contributed by atoms with van der Waals surface area (Å²) in [6.07, 6.45) is 1.52. The molecule has 0 saturated carbocycles. The molecule has 36 heavy (non-hydrogen) atoms. The van der Waals surface area contributed by atoms with Gasteiger partial charge in [0.2, 0.25) is 17.6 Å². The second kappa shape index (κ2) is 10.7. The maximum atomic E-state index is 13.7. The van der Waals surface area contributed by atoms with Crippen LogP contribution in [-0.2, 0) is 9.59 Å². The number of piperidine rings is 1. The molecule has 0 aliphatic carbocycles. The molecular formula is C24H25F2N5O5. The smallest absolute Gasteiger partial charge is 0.319 e. The van der Waals surface area contributed by atoms with E-state index < -0.39 is 34.2 Å². The molecule has 2 atom stereocenters. The molecule has 2 aromatic carbocycles. The quantitative estimate of drug-likeness (QED) is 0.464. The van der Waals surface area contributed by atoms with Crippen molar-refractivity contribution in [2.45, 2.75) is 19.3 Å². The van der Waals surface area contributed by atoms with E-state index in [0.717, 1.165) is 25.0 Å². The second-order valence-electron chi connectivity index (χ2n) is 8.93. The van der Waals surface area contributed by atoms with Crippen LogP contribution in [0.1, 0.15) is 19.3 Å². The summed E-state index contributed by atoms with van der Waals surface area (Å²) < 4.78 is 26.7. The van der Waals surface area contributed by atoms with Gasteiger partial charge in [-0.2, -0.15) is 4.39 Å². The third-order valence-electron chi connectivity index (χ3n) is 6.40. The van der Waals surface area contributed by atoms with E-state index in [9.17, 15) is 33.3 Å². The van der Waals surface area contributed by atoms with Crippen LogP contribution in [0, 0.1) is 33.6 Å². The molecule has 0 spiro atoms. The van der Waals surface area contributed by atoms with Gasteiger partial charge in [0.05, 0.1) is 16.5 Å². The number of rotatable bonds is 6. The number of nitro groups is 1. The molecule has 2 aromatic rings. The van der Waals surface area contributed by atoms with Gasteiger partial charge in [0, 0.05) is 44.4 Å². The molecule has 2 N–H and O–H groups in total. The fourth-order valence-electron chi connectivity index (χ4n) is 4.57. The molecule has 0 aromatic heterocycles. The van der Waals surface area contributed by atoms with E-state index in [2.05, 4.69) is 10.6 Å². The lowest BCUT2D eigenvalue weighted by atomic mass is 9.96. The number of hydrogen-bond donors (Lipinski definition) is 2.